The molecular formula is C13H18N6O2. The van der Waals surface area contributed by atoms with Crippen LogP contribution in [-0.4, -0.2) is 32.6 Å². The zero-order valence-corrected chi connectivity index (χ0v) is 12.3. The summed E-state index contributed by atoms with van der Waals surface area (Å²) in [6.45, 7) is 5.99. The molecule has 3 N–H and O–H groups in total. The predicted molar refractivity (Wildman–Crippen MR) is 75.6 cm³/mol. The largest absolute Gasteiger partial charge is 0.396 e. The Morgan fingerprint density at radius 2 is 2.19 bits per heavy atom. The molecule has 2 heterocycles. The Balaban J connectivity index is 1.98. The Kier molecular flexibility index (Phi) is 4.46. The summed E-state index contributed by atoms with van der Waals surface area (Å²) in [5, 5.41) is 6.49. The lowest BCUT2D eigenvalue weighted by Gasteiger charge is -2.09. The van der Waals surface area contributed by atoms with Gasteiger partial charge in [-0.2, -0.15) is 4.98 Å². The van der Waals surface area contributed by atoms with Crippen molar-refractivity contribution < 1.29 is 9.32 Å². The van der Waals surface area contributed by atoms with Gasteiger partial charge in [-0.1, -0.05) is 19.0 Å². The lowest BCUT2D eigenvalue weighted by Crippen LogP contribution is -2.28. The van der Waals surface area contributed by atoms with Gasteiger partial charge in [-0.05, 0) is 0 Å². The summed E-state index contributed by atoms with van der Waals surface area (Å²) in [5.74, 6) is 1.42. The number of nitrogen functional groups attached to an aromatic ring is 1. The van der Waals surface area contributed by atoms with E-state index in [9.17, 15) is 4.79 Å². The van der Waals surface area contributed by atoms with Crippen molar-refractivity contribution in [2.45, 2.75) is 33.1 Å². The number of aryl methyl sites for hydroxylation is 1. The number of carbonyl (C=O) groups excluding carboxylic acids is 1. The van der Waals surface area contributed by atoms with Gasteiger partial charge in [-0.25, -0.2) is 9.97 Å². The van der Waals surface area contributed by atoms with E-state index in [4.69, 9.17) is 10.3 Å². The molecule has 0 aliphatic carbocycles. The monoisotopic (exact) mass is 290 g/mol. The van der Waals surface area contributed by atoms with Crippen LogP contribution in [0.2, 0.25) is 0 Å². The number of carbonyl (C=O) groups is 1. The van der Waals surface area contributed by atoms with Crippen molar-refractivity contribution in [2.75, 3.05) is 12.3 Å². The van der Waals surface area contributed by atoms with E-state index in [0.29, 0.717) is 30.5 Å². The maximum atomic E-state index is 12.1. The van der Waals surface area contributed by atoms with Crippen molar-refractivity contribution >= 4 is 11.6 Å². The molecule has 8 nitrogen and oxygen atoms in total. The fraction of sp³-hybridized carbons (Fsp3) is 0.462. The predicted octanol–water partition coefficient (Wildman–Crippen LogP) is 0.846. The summed E-state index contributed by atoms with van der Waals surface area (Å²) in [6.07, 6.45) is 1.94. The molecule has 0 saturated heterocycles. The second-order valence-corrected chi connectivity index (χ2v) is 4.92. The van der Waals surface area contributed by atoms with E-state index in [1.165, 1.54) is 6.20 Å². The Hall–Kier alpha value is -2.51. The van der Waals surface area contributed by atoms with Crippen LogP contribution in [0.5, 0.6) is 0 Å². The first-order valence-corrected chi connectivity index (χ1v) is 6.67. The normalized spacial score (nSPS) is 10.9. The lowest BCUT2D eigenvalue weighted by atomic mass is 10.2. The van der Waals surface area contributed by atoms with E-state index >= 15 is 0 Å². The van der Waals surface area contributed by atoms with Crippen LogP contribution >= 0.6 is 0 Å². The summed E-state index contributed by atoms with van der Waals surface area (Å²) in [6, 6.07) is 0. The first kappa shape index (κ1) is 14.9. The van der Waals surface area contributed by atoms with Crippen LogP contribution in [0.15, 0.2) is 10.7 Å². The van der Waals surface area contributed by atoms with Gasteiger partial charge in [0, 0.05) is 25.8 Å². The third kappa shape index (κ3) is 3.74. The number of hydrogen-bond acceptors (Lipinski definition) is 7. The summed E-state index contributed by atoms with van der Waals surface area (Å²) in [4.78, 5) is 24.5. The van der Waals surface area contributed by atoms with Gasteiger partial charge in [0.1, 0.15) is 5.82 Å². The minimum Gasteiger partial charge on any atom is -0.396 e. The van der Waals surface area contributed by atoms with Gasteiger partial charge in [0.25, 0.3) is 5.91 Å². The van der Waals surface area contributed by atoms with E-state index in [2.05, 4.69) is 25.4 Å². The van der Waals surface area contributed by atoms with Gasteiger partial charge >= 0.3 is 0 Å². The average Bonchev–Trinajstić information content (AvgIpc) is 2.84. The molecule has 2 aromatic heterocycles. The molecule has 0 atom stereocenters. The second-order valence-electron chi connectivity index (χ2n) is 4.92. The summed E-state index contributed by atoms with van der Waals surface area (Å²) >= 11 is 0. The maximum absolute atomic E-state index is 12.1. The number of hydrogen-bond donors (Lipinski definition) is 2. The smallest absolute Gasteiger partial charge is 0.272 e. The van der Waals surface area contributed by atoms with Gasteiger partial charge < -0.3 is 15.6 Å². The number of nitrogens with zero attached hydrogens (tertiary/aromatic N) is 4. The molecule has 2 rings (SSSR count). The summed E-state index contributed by atoms with van der Waals surface area (Å²) < 4.78 is 4.85. The Labute approximate surface area is 122 Å². The van der Waals surface area contributed by atoms with Gasteiger partial charge in [-0.15, -0.1) is 0 Å². The van der Waals surface area contributed by atoms with Crippen molar-refractivity contribution in [3.63, 3.8) is 0 Å². The molecule has 0 radical (unpaired) electrons. The quantitative estimate of drug-likeness (QED) is 0.837. The molecule has 0 aliphatic rings. The van der Waals surface area contributed by atoms with Crippen LogP contribution in [0.3, 0.4) is 0 Å². The van der Waals surface area contributed by atoms with Crippen molar-refractivity contribution in [3.05, 3.63) is 29.4 Å². The molecule has 112 valence electrons. The lowest BCUT2D eigenvalue weighted by molar-refractivity contribution is 0.0949. The molecule has 0 bridgehead atoms. The third-order valence-corrected chi connectivity index (χ3v) is 2.77. The zero-order valence-electron chi connectivity index (χ0n) is 12.3. The van der Waals surface area contributed by atoms with Gasteiger partial charge in [0.05, 0.1) is 11.9 Å². The number of nitrogens with one attached hydrogen (secondary N) is 1. The SMILES string of the molecule is Cc1nc(CCNC(=O)c2nc(C(C)C)ncc2N)no1. The van der Waals surface area contributed by atoms with Crippen LogP contribution in [0.1, 0.15) is 47.8 Å². The van der Waals surface area contributed by atoms with Crippen molar-refractivity contribution in [1.29, 1.82) is 0 Å². The molecule has 2 aromatic rings. The molecule has 0 saturated carbocycles. The zero-order chi connectivity index (χ0) is 15.4. The highest BCUT2D eigenvalue weighted by atomic mass is 16.5. The number of anilines is 1. The number of rotatable bonds is 5. The average molecular weight is 290 g/mol. The van der Waals surface area contributed by atoms with Gasteiger partial charge in [0.15, 0.2) is 11.5 Å². The Bertz CT molecular complexity index is 637. The molecule has 0 aliphatic heterocycles. The van der Waals surface area contributed by atoms with E-state index in [1.807, 2.05) is 13.8 Å². The van der Waals surface area contributed by atoms with Crippen molar-refractivity contribution in [1.82, 2.24) is 25.4 Å². The fourth-order valence-corrected chi connectivity index (χ4v) is 1.68. The standard InChI is InChI=1S/C13H18N6O2/c1-7(2)12-16-6-9(14)11(18-12)13(20)15-5-4-10-17-8(3)21-19-10/h6-7H,4-5,14H2,1-3H3,(H,15,20). The Morgan fingerprint density at radius 3 is 2.81 bits per heavy atom. The fourth-order valence-electron chi connectivity index (χ4n) is 1.68. The molecule has 0 unspecified atom stereocenters. The highest BCUT2D eigenvalue weighted by Gasteiger charge is 2.14. The second kappa shape index (κ2) is 6.29. The molecule has 0 fully saturated rings. The number of amides is 1. The van der Waals surface area contributed by atoms with E-state index < -0.39 is 0 Å². The van der Waals surface area contributed by atoms with Crippen LogP contribution in [0.4, 0.5) is 5.69 Å². The molecule has 8 heteroatoms. The molecular weight excluding hydrogens is 272 g/mol. The van der Waals surface area contributed by atoms with Crippen LogP contribution in [0.25, 0.3) is 0 Å². The molecule has 0 aromatic carbocycles. The molecule has 1 amide bonds. The van der Waals surface area contributed by atoms with Gasteiger partial charge in [-0.3, -0.25) is 4.79 Å². The van der Waals surface area contributed by atoms with Gasteiger partial charge in [0.2, 0.25) is 5.89 Å². The number of aromatic nitrogens is 4. The first-order chi connectivity index (χ1) is 9.97. The van der Waals surface area contributed by atoms with Crippen molar-refractivity contribution in [3.8, 4) is 0 Å². The van der Waals surface area contributed by atoms with E-state index in [0.717, 1.165) is 0 Å². The first-order valence-electron chi connectivity index (χ1n) is 6.67. The van der Waals surface area contributed by atoms with E-state index in [-0.39, 0.29) is 23.2 Å². The highest BCUT2D eigenvalue weighted by Crippen LogP contribution is 2.13. The van der Waals surface area contributed by atoms with Crippen LogP contribution in [0, 0.1) is 6.92 Å². The number of nitrogens with two attached hydrogens (primary N) is 1. The Morgan fingerprint density at radius 1 is 1.43 bits per heavy atom. The molecule has 0 spiro atoms. The highest BCUT2D eigenvalue weighted by molar-refractivity contribution is 5.96. The maximum Gasteiger partial charge on any atom is 0.272 e. The summed E-state index contributed by atoms with van der Waals surface area (Å²) in [7, 11) is 0. The third-order valence-electron chi connectivity index (χ3n) is 2.77. The van der Waals surface area contributed by atoms with Crippen LogP contribution in [-0.2, 0) is 6.42 Å². The molecule has 21 heavy (non-hydrogen) atoms. The van der Waals surface area contributed by atoms with Crippen LogP contribution < -0.4 is 11.1 Å². The minimum absolute atomic E-state index is 0.124. The topological polar surface area (TPSA) is 120 Å². The van der Waals surface area contributed by atoms with E-state index in [1.54, 1.807) is 6.92 Å². The summed E-state index contributed by atoms with van der Waals surface area (Å²) in [5.41, 5.74) is 6.20. The van der Waals surface area contributed by atoms with Crippen molar-refractivity contribution in [2.24, 2.45) is 0 Å². The minimum atomic E-state index is -0.336.